The van der Waals surface area contributed by atoms with Gasteiger partial charge in [0.05, 0.1) is 37.6 Å². The number of benzene rings is 2. The second kappa shape index (κ2) is 13.7. The lowest BCUT2D eigenvalue weighted by atomic mass is 9.74. The molecule has 0 bridgehead atoms. The zero-order valence-electron chi connectivity index (χ0n) is 24.6. The Kier molecular flexibility index (Phi) is 10.9. The minimum Gasteiger partial charge on any atom is -0.501 e. The van der Waals surface area contributed by atoms with Crippen LogP contribution in [0.2, 0.25) is 5.04 Å². The number of carbonyl (C=O) groups excluding carboxylic acids is 1. The molecule has 8 heteroatoms. The Hall–Kier alpha value is -2.75. The maximum Gasteiger partial charge on any atom is 0.339 e. The molecule has 1 aliphatic rings. The van der Waals surface area contributed by atoms with Crippen LogP contribution in [0.1, 0.15) is 41.0 Å². The third-order valence-electron chi connectivity index (χ3n) is 7.27. The summed E-state index contributed by atoms with van der Waals surface area (Å²) in [4.78, 5) is 13.4. The third-order valence-corrected chi connectivity index (χ3v) is 12.2. The highest BCUT2D eigenvalue weighted by Gasteiger charge is 2.54. The minimum atomic E-state index is -2.86. The number of hydrogen-bond donors (Lipinski definition) is 1. The molecule has 218 valence electrons. The monoisotopic (exact) mass is 568 g/mol. The quantitative estimate of drug-likeness (QED) is 0.127. The van der Waals surface area contributed by atoms with Gasteiger partial charge in [-0.2, -0.15) is 0 Å². The molecule has 0 saturated heterocycles. The van der Waals surface area contributed by atoms with E-state index in [1.165, 1.54) is 13.4 Å². The van der Waals surface area contributed by atoms with E-state index < -0.39 is 38.0 Å². The molecule has 0 fully saturated rings. The van der Waals surface area contributed by atoms with E-state index in [0.29, 0.717) is 0 Å². The van der Waals surface area contributed by atoms with Gasteiger partial charge in [0, 0.05) is 13.5 Å². The summed E-state index contributed by atoms with van der Waals surface area (Å²) in [6, 6.07) is 20.7. The molecule has 0 saturated carbocycles. The molecule has 0 spiro atoms. The topological polar surface area (TPSA) is 83.5 Å². The number of rotatable bonds is 13. The van der Waals surface area contributed by atoms with Crippen LogP contribution >= 0.6 is 0 Å². The number of ether oxygens (including phenoxy) is 4. The van der Waals surface area contributed by atoms with Crippen LogP contribution in [0.15, 0.2) is 85.2 Å². The van der Waals surface area contributed by atoms with Crippen molar-refractivity contribution in [3.8, 4) is 0 Å². The Morgan fingerprint density at radius 1 is 1.10 bits per heavy atom. The Balaban J connectivity index is 2.08. The first-order valence-electron chi connectivity index (χ1n) is 13.7. The zero-order chi connectivity index (χ0) is 29.4. The van der Waals surface area contributed by atoms with Crippen LogP contribution in [0.3, 0.4) is 0 Å². The number of aliphatic hydroxyl groups is 1. The van der Waals surface area contributed by atoms with Crippen molar-refractivity contribution in [2.45, 2.75) is 63.9 Å². The summed E-state index contributed by atoms with van der Waals surface area (Å²) in [6.45, 7) is 13.9. The highest BCUT2D eigenvalue weighted by atomic mass is 28.4. The van der Waals surface area contributed by atoms with Gasteiger partial charge >= 0.3 is 5.97 Å². The van der Waals surface area contributed by atoms with Gasteiger partial charge in [-0.25, -0.2) is 4.79 Å². The molecule has 2 aromatic rings. The molecule has 1 N–H and O–H groups in total. The van der Waals surface area contributed by atoms with Crippen LogP contribution in [0, 0.1) is 5.92 Å². The van der Waals surface area contributed by atoms with Gasteiger partial charge in [0.15, 0.2) is 5.60 Å². The van der Waals surface area contributed by atoms with Crippen molar-refractivity contribution in [2.75, 3.05) is 27.1 Å². The molecule has 0 radical (unpaired) electrons. The Bertz CT molecular complexity index is 1090. The lowest BCUT2D eigenvalue weighted by Crippen LogP contribution is -2.67. The predicted octanol–water partition coefficient (Wildman–Crippen LogP) is 4.34. The fourth-order valence-electron chi connectivity index (χ4n) is 5.47. The van der Waals surface area contributed by atoms with E-state index in [2.05, 4.69) is 51.6 Å². The summed E-state index contributed by atoms with van der Waals surface area (Å²) in [5.74, 6) is -1.47. The number of carbonyl (C=O) groups is 1. The van der Waals surface area contributed by atoms with Crippen molar-refractivity contribution in [1.29, 1.82) is 0 Å². The molecular formula is C32H44O7Si. The largest absolute Gasteiger partial charge is 0.501 e. The smallest absolute Gasteiger partial charge is 0.339 e. The molecule has 1 aliphatic carbocycles. The van der Waals surface area contributed by atoms with Gasteiger partial charge in [0.1, 0.15) is 6.79 Å². The van der Waals surface area contributed by atoms with Crippen molar-refractivity contribution in [3.63, 3.8) is 0 Å². The van der Waals surface area contributed by atoms with Crippen LogP contribution < -0.4 is 10.4 Å². The first-order chi connectivity index (χ1) is 19.0. The molecule has 0 heterocycles. The molecule has 40 heavy (non-hydrogen) atoms. The fraction of sp³-hybridized carbons (Fsp3) is 0.469. The van der Waals surface area contributed by atoms with Gasteiger partial charge in [0.25, 0.3) is 8.32 Å². The van der Waals surface area contributed by atoms with Gasteiger partial charge in [-0.05, 0) is 34.8 Å². The normalized spacial score (nSPS) is 21.6. The maximum absolute atomic E-state index is 13.4. The van der Waals surface area contributed by atoms with E-state index in [4.69, 9.17) is 23.4 Å². The van der Waals surface area contributed by atoms with Gasteiger partial charge in [-0.3, -0.25) is 0 Å². The van der Waals surface area contributed by atoms with Crippen molar-refractivity contribution < 1.29 is 33.3 Å². The van der Waals surface area contributed by atoms with Crippen molar-refractivity contribution in [1.82, 2.24) is 0 Å². The molecule has 2 aromatic carbocycles. The summed E-state index contributed by atoms with van der Waals surface area (Å²) in [7, 11) is -1.34. The molecule has 0 unspecified atom stereocenters. The first-order valence-corrected chi connectivity index (χ1v) is 15.6. The fourth-order valence-corrected chi connectivity index (χ4v) is 10.0. The average molecular weight is 569 g/mol. The summed E-state index contributed by atoms with van der Waals surface area (Å²) >= 11 is 0. The molecule has 0 aromatic heterocycles. The van der Waals surface area contributed by atoms with Crippen LogP contribution in [-0.2, 0) is 28.2 Å². The molecule has 0 aliphatic heterocycles. The molecule has 7 nitrogen and oxygen atoms in total. The van der Waals surface area contributed by atoms with Crippen LogP contribution in [0.25, 0.3) is 0 Å². The second-order valence-electron chi connectivity index (χ2n) is 11.5. The van der Waals surface area contributed by atoms with Crippen LogP contribution in [0.4, 0.5) is 0 Å². The zero-order valence-corrected chi connectivity index (χ0v) is 25.6. The number of hydrogen-bond acceptors (Lipinski definition) is 7. The lowest BCUT2D eigenvalue weighted by Gasteiger charge is -2.45. The van der Waals surface area contributed by atoms with E-state index in [-0.39, 0.29) is 31.5 Å². The minimum absolute atomic E-state index is 0.0148. The van der Waals surface area contributed by atoms with Crippen LogP contribution in [-0.4, -0.2) is 64.3 Å². The van der Waals surface area contributed by atoms with Gasteiger partial charge in [-0.1, -0.05) is 94.1 Å². The Labute approximate surface area is 239 Å². The SMILES string of the molecule is C=COC[C@@H]1[C@@H](OCOC)C=C(CO[Si](c2ccccc2)(c2ccccc2)C(C)(C)C)C[C@@]1(O)C(=O)OC(C)C. The molecule has 0 amide bonds. The Morgan fingerprint density at radius 3 is 2.15 bits per heavy atom. The van der Waals surface area contributed by atoms with Crippen molar-refractivity contribution in [2.24, 2.45) is 5.92 Å². The van der Waals surface area contributed by atoms with Gasteiger partial charge < -0.3 is 28.5 Å². The lowest BCUT2D eigenvalue weighted by molar-refractivity contribution is -0.191. The summed E-state index contributed by atoms with van der Waals surface area (Å²) in [5, 5.41) is 14.0. The Morgan fingerprint density at radius 2 is 1.68 bits per heavy atom. The highest BCUT2D eigenvalue weighted by Crippen LogP contribution is 2.40. The third kappa shape index (κ3) is 6.93. The van der Waals surface area contributed by atoms with E-state index in [9.17, 15) is 9.90 Å². The van der Waals surface area contributed by atoms with Gasteiger partial charge in [-0.15, -0.1) is 0 Å². The number of methoxy groups -OCH3 is 1. The molecule has 3 rings (SSSR count). The van der Waals surface area contributed by atoms with Gasteiger partial charge in [0.2, 0.25) is 0 Å². The average Bonchev–Trinajstić information content (AvgIpc) is 2.91. The van der Waals surface area contributed by atoms with Crippen molar-refractivity contribution in [3.05, 3.63) is 85.2 Å². The van der Waals surface area contributed by atoms with Crippen molar-refractivity contribution >= 4 is 24.7 Å². The number of esters is 1. The van der Waals surface area contributed by atoms with E-state index in [1.807, 2.05) is 42.5 Å². The second-order valence-corrected chi connectivity index (χ2v) is 15.8. The summed E-state index contributed by atoms with van der Waals surface area (Å²) in [6.07, 6.45) is 2.14. The maximum atomic E-state index is 13.4. The molecule has 3 atom stereocenters. The van der Waals surface area contributed by atoms with Crippen LogP contribution in [0.5, 0.6) is 0 Å². The first kappa shape index (κ1) is 31.8. The summed E-state index contributed by atoms with van der Waals surface area (Å²) in [5.41, 5.74) is -1.16. The molecular weight excluding hydrogens is 524 g/mol. The van der Waals surface area contributed by atoms with E-state index in [1.54, 1.807) is 13.8 Å². The summed E-state index contributed by atoms with van der Waals surface area (Å²) < 4.78 is 29.2. The van der Waals surface area contributed by atoms with E-state index >= 15 is 0 Å². The standard InChI is InChI=1S/C32H44O7Si/c1-8-36-22-28-29(37-23-35-7)19-25(20-32(28,34)30(33)39-24(2)3)21-38-40(31(4,5)6,26-15-11-9-12-16-26)27-17-13-10-14-18-27/h8-19,24,28-29,34H,1,20-23H2,2-7H3/t28-,29+,32+/m1/s1. The highest BCUT2D eigenvalue weighted by molar-refractivity contribution is 6.99. The van der Waals surface area contributed by atoms with E-state index in [0.717, 1.165) is 15.9 Å². The predicted molar refractivity (Wildman–Crippen MR) is 159 cm³/mol.